The number of halogens is 1. The molecule has 6 nitrogen and oxygen atoms in total. The highest BCUT2D eigenvalue weighted by Gasteiger charge is 2.23. The highest BCUT2D eigenvalue weighted by molar-refractivity contribution is 7.99. The van der Waals surface area contributed by atoms with Crippen LogP contribution in [0.4, 0.5) is 0 Å². The Hall–Kier alpha value is -1.12. The first kappa shape index (κ1) is 16.4. The maximum absolute atomic E-state index is 5.99. The molecule has 0 radical (unpaired) electrons. The van der Waals surface area contributed by atoms with Gasteiger partial charge in [0.1, 0.15) is 0 Å². The average molecular weight is 366 g/mol. The number of morpholine rings is 1. The third kappa shape index (κ3) is 3.60. The third-order valence-corrected chi connectivity index (χ3v) is 5.68. The summed E-state index contributed by atoms with van der Waals surface area (Å²) in [5.41, 5.74) is 1.05. The van der Waals surface area contributed by atoms with Gasteiger partial charge in [0, 0.05) is 36.8 Å². The minimum atomic E-state index is 0.735. The van der Waals surface area contributed by atoms with Gasteiger partial charge in [-0.25, -0.2) is 0 Å². The molecule has 1 saturated heterocycles. The van der Waals surface area contributed by atoms with Crippen molar-refractivity contribution < 1.29 is 4.74 Å². The van der Waals surface area contributed by atoms with Crippen molar-refractivity contribution in [2.75, 3.05) is 45.3 Å². The van der Waals surface area contributed by atoms with Crippen LogP contribution in [0.2, 0.25) is 5.02 Å². The maximum atomic E-state index is 5.99. The van der Waals surface area contributed by atoms with E-state index < -0.39 is 0 Å². The van der Waals surface area contributed by atoms with E-state index in [1.54, 1.807) is 11.8 Å². The molecule has 0 amide bonds. The topological polar surface area (TPSA) is 46.4 Å². The third-order valence-electron chi connectivity index (χ3n) is 4.37. The van der Waals surface area contributed by atoms with Gasteiger partial charge in [0.2, 0.25) is 0 Å². The zero-order valence-electron chi connectivity index (χ0n) is 13.4. The fourth-order valence-corrected chi connectivity index (χ4v) is 4.00. The monoisotopic (exact) mass is 365 g/mol. The quantitative estimate of drug-likeness (QED) is 0.828. The predicted molar refractivity (Wildman–Crippen MR) is 95.2 cm³/mol. The van der Waals surface area contributed by atoms with Crippen LogP contribution in [-0.4, -0.2) is 69.8 Å². The SMILES string of the molecule is Clc1ccc(-c2nnc3n2CN(CCN2CCOCC2)CS3)cc1. The van der Waals surface area contributed by atoms with Crippen molar-refractivity contribution in [3.8, 4) is 11.4 Å². The smallest absolute Gasteiger partial charge is 0.193 e. The van der Waals surface area contributed by atoms with Gasteiger partial charge in [-0.3, -0.25) is 14.4 Å². The Balaban J connectivity index is 1.44. The van der Waals surface area contributed by atoms with Crippen molar-refractivity contribution in [3.63, 3.8) is 0 Å². The summed E-state index contributed by atoms with van der Waals surface area (Å²) in [6.07, 6.45) is 0. The maximum Gasteiger partial charge on any atom is 0.193 e. The summed E-state index contributed by atoms with van der Waals surface area (Å²) >= 11 is 7.73. The van der Waals surface area contributed by atoms with Crippen LogP contribution in [-0.2, 0) is 11.4 Å². The van der Waals surface area contributed by atoms with Crippen molar-refractivity contribution >= 4 is 23.4 Å². The van der Waals surface area contributed by atoms with Crippen molar-refractivity contribution in [3.05, 3.63) is 29.3 Å². The minimum Gasteiger partial charge on any atom is -0.379 e. The van der Waals surface area contributed by atoms with Crippen LogP contribution in [0.15, 0.2) is 29.4 Å². The summed E-state index contributed by atoms with van der Waals surface area (Å²) in [5.74, 6) is 1.87. The first-order valence-electron chi connectivity index (χ1n) is 8.14. The fraction of sp³-hybridized carbons (Fsp3) is 0.500. The molecule has 0 saturated carbocycles. The Bertz CT molecular complexity index is 686. The Morgan fingerprint density at radius 2 is 1.79 bits per heavy atom. The number of hydrogen-bond acceptors (Lipinski definition) is 6. The fourth-order valence-electron chi connectivity index (χ4n) is 2.97. The molecule has 0 aliphatic carbocycles. The van der Waals surface area contributed by atoms with Crippen LogP contribution in [0.1, 0.15) is 0 Å². The second-order valence-electron chi connectivity index (χ2n) is 6.00. The zero-order valence-corrected chi connectivity index (χ0v) is 15.0. The van der Waals surface area contributed by atoms with Crippen LogP contribution in [0.3, 0.4) is 0 Å². The van der Waals surface area contributed by atoms with E-state index in [1.165, 1.54) is 0 Å². The van der Waals surface area contributed by atoms with Gasteiger partial charge in [-0.2, -0.15) is 0 Å². The van der Waals surface area contributed by atoms with Crippen molar-refractivity contribution in [2.24, 2.45) is 0 Å². The van der Waals surface area contributed by atoms with Crippen LogP contribution in [0.5, 0.6) is 0 Å². The lowest BCUT2D eigenvalue weighted by Crippen LogP contribution is -2.42. The Kier molecular flexibility index (Phi) is 5.05. The van der Waals surface area contributed by atoms with Gasteiger partial charge in [0.15, 0.2) is 11.0 Å². The van der Waals surface area contributed by atoms with E-state index in [2.05, 4.69) is 24.6 Å². The van der Waals surface area contributed by atoms with Gasteiger partial charge in [0.25, 0.3) is 0 Å². The first-order valence-corrected chi connectivity index (χ1v) is 9.50. The van der Waals surface area contributed by atoms with Gasteiger partial charge in [-0.15, -0.1) is 10.2 Å². The van der Waals surface area contributed by atoms with E-state index >= 15 is 0 Å². The number of fused-ring (bicyclic) bond motifs is 1. The molecule has 0 atom stereocenters. The predicted octanol–water partition coefficient (Wildman–Crippen LogP) is 2.25. The van der Waals surface area contributed by atoms with E-state index in [-0.39, 0.29) is 0 Å². The summed E-state index contributed by atoms with van der Waals surface area (Å²) in [5, 5.41) is 10.4. The minimum absolute atomic E-state index is 0.735. The van der Waals surface area contributed by atoms with Crippen molar-refractivity contribution in [1.82, 2.24) is 24.6 Å². The molecule has 4 rings (SSSR count). The number of thioether (sulfide) groups is 1. The van der Waals surface area contributed by atoms with Crippen LogP contribution in [0.25, 0.3) is 11.4 Å². The molecule has 2 aliphatic heterocycles. The molecule has 128 valence electrons. The van der Waals surface area contributed by atoms with Gasteiger partial charge < -0.3 is 4.74 Å². The normalized spacial score (nSPS) is 19.4. The van der Waals surface area contributed by atoms with Gasteiger partial charge in [-0.1, -0.05) is 23.4 Å². The van der Waals surface area contributed by atoms with Crippen LogP contribution in [0, 0.1) is 0 Å². The number of aromatic nitrogens is 3. The second-order valence-corrected chi connectivity index (χ2v) is 7.35. The van der Waals surface area contributed by atoms with E-state index in [0.29, 0.717) is 0 Å². The second kappa shape index (κ2) is 7.41. The molecule has 3 heterocycles. The molecule has 1 aromatic heterocycles. The molecule has 0 unspecified atom stereocenters. The van der Waals surface area contributed by atoms with Crippen LogP contribution < -0.4 is 0 Å². The molecule has 24 heavy (non-hydrogen) atoms. The summed E-state index contributed by atoms with van der Waals surface area (Å²) < 4.78 is 7.60. The molecule has 2 aromatic rings. The highest BCUT2D eigenvalue weighted by Crippen LogP contribution is 2.29. The van der Waals surface area contributed by atoms with E-state index in [0.717, 1.165) is 73.5 Å². The lowest BCUT2D eigenvalue weighted by Gasteiger charge is -2.32. The molecule has 1 fully saturated rings. The molecule has 2 aliphatic rings. The van der Waals surface area contributed by atoms with Gasteiger partial charge in [-0.05, 0) is 24.3 Å². The number of ether oxygens (including phenoxy) is 1. The summed E-state index contributed by atoms with van der Waals surface area (Å²) in [6, 6.07) is 7.78. The number of benzene rings is 1. The average Bonchev–Trinajstić information content (AvgIpc) is 3.05. The van der Waals surface area contributed by atoms with E-state index in [9.17, 15) is 0 Å². The van der Waals surface area contributed by atoms with E-state index in [4.69, 9.17) is 16.3 Å². The first-order chi connectivity index (χ1) is 11.8. The van der Waals surface area contributed by atoms with Crippen molar-refractivity contribution in [1.29, 1.82) is 0 Å². The van der Waals surface area contributed by atoms with Crippen molar-refractivity contribution in [2.45, 2.75) is 11.8 Å². The molecule has 0 spiro atoms. The van der Waals surface area contributed by atoms with E-state index in [1.807, 2.05) is 24.3 Å². The number of rotatable bonds is 4. The number of hydrogen-bond donors (Lipinski definition) is 0. The summed E-state index contributed by atoms with van der Waals surface area (Å²) in [6.45, 7) is 6.74. The Morgan fingerprint density at radius 1 is 1.04 bits per heavy atom. The van der Waals surface area contributed by atoms with Gasteiger partial charge >= 0.3 is 0 Å². The van der Waals surface area contributed by atoms with Crippen LogP contribution >= 0.6 is 23.4 Å². The Morgan fingerprint density at radius 3 is 2.58 bits per heavy atom. The largest absolute Gasteiger partial charge is 0.379 e. The van der Waals surface area contributed by atoms with Gasteiger partial charge in [0.05, 0.1) is 25.8 Å². The summed E-state index contributed by atoms with van der Waals surface area (Å²) in [7, 11) is 0. The molecule has 0 N–H and O–H groups in total. The lowest BCUT2D eigenvalue weighted by molar-refractivity contribution is 0.0325. The molecule has 8 heteroatoms. The Labute approximate surface area is 150 Å². The summed E-state index contributed by atoms with van der Waals surface area (Å²) in [4.78, 5) is 4.91. The highest BCUT2D eigenvalue weighted by atomic mass is 35.5. The lowest BCUT2D eigenvalue weighted by atomic mass is 10.2. The molecule has 0 bridgehead atoms. The molecule has 1 aromatic carbocycles. The molecular formula is C16H20ClN5OS. The zero-order chi connectivity index (χ0) is 16.4. The standard InChI is InChI=1S/C16H20ClN5OS/c17-14-3-1-13(2-4-14)15-18-19-16-22(15)11-21(12-24-16)6-5-20-7-9-23-10-8-20/h1-4H,5-12H2. The molecular weight excluding hydrogens is 346 g/mol. The number of nitrogens with zero attached hydrogens (tertiary/aromatic N) is 5.